The Labute approximate surface area is 99.4 Å². The van der Waals surface area contributed by atoms with E-state index >= 15 is 0 Å². The standard InChI is InChI=1S/C12H15ClFNO/c13-8-5-6-10(9(14)7-8)15-11-3-1-2-4-12(11)16/h5-7,11-12,15-16H,1-4H2/t11-,12-/m1/s1. The van der Waals surface area contributed by atoms with E-state index in [0.29, 0.717) is 10.7 Å². The number of benzene rings is 1. The molecule has 88 valence electrons. The van der Waals surface area contributed by atoms with E-state index in [2.05, 4.69) is 5.32 Å². The number of anilines is 1. The highest BCUT2D eigenvalue weighted by Gasteiger charge is 2.23. The van der Waals surface area contributed by atoms with Crippen LogP contribution in [0.2, 0.25) is 5.02 Å². The lowest BCUT2D eigenvalue weighted by molar-refractivity contribution is 0.116. The van der Waals surface area contributed by atoms with Crippen LogP contribution in [0.1, 0.15) is 25.7 Å². The topological polar surface area (TPSA) is 32.3 Å². The molecule has 2 N–H and O–H groups in total. The minimum atomic E-state index is -0.385. The molecule has 2 atom stereocenters. The number of hydrogen-bond acceptors (Lipinski definition) is 2. The van der Waals surface area contributed by atoms with Crippen LogP contribution in [-0.4, -0.2) is 17.3 Å². The minimum absolute atomic E-state index is 0.0515. The molecule has 1 aliphatic carbocycles. The number of aliphatic hydroxyl groups is 1. The Kier molecular flexibility index (Phi) is 3.66. The molecule has 0 heterocycles. The Balaban J connectivity index is 2.07. The molecule has 1 aromatic carbocycles. The second kappa shape index (κ2) is 5.02. The Bertz CT molecular complexity index is 372. The molecular formula is C12H15ClFNO. The Morgan fingerprint density at radius 1 is 1.31 bits per heavy atom. The van der Waals surface area contributed by atoms with Gasteiger partial charge >= 0.3 is 0 Å². The average molecular weight is 244 g/mol. The first-order valence-corrected chi connectivity index (χ1v) is 5.94. The lowest BCUT2D eigenvalue weighted by atomic mass is 9.92. The van der Waals surface area contributed by atoms with E-state index in [4.69, 9.17) is 11.6 Å². The lowest BCUT2D eigenvalue weighted by Gasteiger charge is -2.29. The fourth-order valence-electron chi connectivity index (χ4n) is 2.09. The summed E-state index contributed by atoms with van der Waals surface area (Å²) in [6.45, 7) is 0. The van der Waals surface area contributed by atoms with Crippen LogP contribution in [0.5, 0.6) is 0 Å². The first kappa shape index (κ1) is 11.7. The maximum absolute atomic E-state index is 13.5. The van der Waals surface area contributed by atoms with Crippen molar-refractivity contribution in [3.8, 4) is 0 Å². The highest BCUT2D eigenvalue weighted by Crippen LogP contribution is 2.25. The zero-order valence-corrected chi connectivity index (χ0v) is 9.67. The van der Waals surface area contributed by atoms with Crippen molar-refractivity contribution >= 4 is 17.3 Å². The van der Waals surface area contributed by atoms with Crippen LogP contribution >= 0.6 is 11.6 Å². The summed E-state index contributed by atoms with van der Waals surface area (Å²) in [5.41, 5.74) is 0.412. The zero-order chi connectivity index (χ0) is 11.5. The van der Waals surface area contributed by atoms with E-state index in [0.717, 1.165) is 25.7 Å². The maximum atomic E-state index is 13.5. The van der Waals surface area contributed by atoms with Gasteiger partial charge in [-0.05, 0) is 31.0 Å². The third-order valence-electron chi connectivity index (χ3n) is 3.00. The number of nitrogens with one attached hydrogen (secondary N) is 1. The molecule has 0 bridgehead atoms. The number of halogens is 2. The van der Waals surface area contributed by atoms with Gasteiger partial charge in [0.05, 0.1) is 17.8 Å². The molecule has 4 heteroatoms. The summed E-state index contributed by atoms with van der Waals surface area (Å²) in [6, 6.07) is 4.48. The van der Waals surface area contributed by atoms with Crippen LogP contribution < -0.4 is 5.32 Å². The van der Waals surface area contributed by atoms with Crippen LogP contribution in [0, 0.1) is 5.82 Å². The highest BCUT2D eigenvalue weighted by molar-refractivity contribution is 6.30. The van der Waals surface area contributed by atoms with E-state index in [-0.39, 0.29) is 18.0 Å². The smallest absolute Gasteiger partial charge is 0.147 e. The van der Waals surface area contributed by atoms with Crippen LogP contribution in [0.4, 0.5) is 10.1 Å². The predicted octanol–water partition coefficient (Wildman–Crippen LogP) is 3.19. The van der Waals surface area contributed by atoms with E-state index in [1.165, 1.54) is 6.07 Å². The molecule has 1 saturated carbocycles. The Morgan fingerprint density at radius 3 is 2.75 bits per heavy atom. The second-order valence-corrected chi connectivity index (χ2v) is 4.66. The highest BCUT2D eigenvalue weighted by atomic mass is 35.5. The van der Waals surface area contributed by atoms with Gasteiger partial charge in [0.15, 0.2) is 0 Å². The van der Waals surface area contributed by atoms with Gasteiger partial charge in [-0.2, -0.15) is 0 Å². The van der Waals surface area contributed by atoms with Gasteiger partial charge in [0.25, 0.3) is 0 Å². The van der Waals surface area contributed by atoms with E-state index in [9.17, 15) is 9.50 Å². The van der Waals surface area contributed by atoms with Crippen molar-refractivity contribution in [2.75, 3.05) is 5.32 Å². The molecular weight excluding hydrogens is 229 g/mol. The van der Waals surface area contributed by atoms with Crippen molar-refractivity contribution in [1.82, 2.24) is 0 Å². The molecule has 2 rings (SSSR count). The molecule has 0 unspecified atom stereocenters. The second-order valence-electron chi connectivity index (χ2n) is 4.23. The first-order valence-electron chi connectivity index (χ1n) is 5.56. The fourth-order valence-corrected chi connectivity index (χ4v) is 2.24. The van der Waals surface area contributed by atoms with Gasteiger partial charge in [-0.15, -0.1) is 0 Å². The van der Waals surface area contributed by atoms with Gasteiger partial charge in [-0.1, -0.05) is 24.4 Å². The van der Waals surface area contributed by atoms with Crippen LogP contribution in [0.3, 0.4) is 0 Å². The van der Waals surface area contributed by atoms with Gasteiger partial charge in [0.2, 0.25) is 0 Å². The molecule has 0 aromatic heterocycles. The molecule has 16 heavy (non-hydrogen) atoms. The molecule has 1 aromatic rings. The van der Waals surface area contributed by atoms with E-state index < -0.39 is 0 Å². The summed E-state index contributed by atoms with van der Waals surface area (Å²) in [4.78, 5) is 0. The summed E-state index contributed by atoms with van der Waals surface area (Å²) >= 11 is 5.67. The van der Waals surface area contributed by atoms with Gasteiger partial charge in [0.1, 0.15) is 5.82 Å². The number of aliphatic hydroxyl groups excluding tert-OH is 1. The number of hydrogen-bond donors (Lipinski definition) is 2. The van der Waals surface area contributed by atoms with E-state index in [1.807, 2.05) is 0 Å². The molecule has 0 saturated heterocycles. The summed E-state index contributed by atoms with van der Waals surface area (Å²) in [5, 5.41) is 13.2. The summed E-state index contributed by atoms with van der Waals surface area (Å²) < 4.78 is 13.5. The third-order valence-corrected chi connectivity index (χ3v) is 3.24. The maximum Gasteiger partial charge on any atom is 0.147 e. The quantitative estimate of drug-likeness (QED) is 0.836. The van der Waals surface area contributed by atoms with Gasteiger partial charge in [-0.25, -0.2) is 4.39 Å². The summed E-state index contributed by atoms with van der Waals surface area (Å²) in [5.74, 6) is -0.370. The van der Waals surface area contributed by atoms with Crippen molar-refractivity contribution in [3.05, 3.63) is 29.0 Å². The van der Waals surface area contributed by atoms with Gasteiger partial charge in [-0.3, -0.25) is 0 Å². The first-order chi connectivity index (χ1) is 7.66. The SMILES string of the molecule is O[C@@H]1CCCC[C@H]1Nc1ccc(Cl)cc1F. The van der Waals surface area contributed by atoms with Crippen molar-refractivity contribution in [2.24, 2.45) is 0 Å². The van der Waals surface area contributed by atoms with Crippen LogP contribution in [0.15, 0.2) is 18.2 Å². The monoisotopic (exact) mass is 243 g/mol. The van der Waals surface area contributed by atoms with Crippen molar-refractivity contribution in [2.45, 2.75) is 37.8 Å². The third kappa shape index (κ3) is 2.66. The zero-order valence-electron chi connectivity index (χ0n) is 8.92. The van der Waals surface area contributed by atoms with Crippen molar-refractivity contribution in [3.63, 3.8) is 0 Å². The normalized spacial score (nSPS) is 25.4. The van der Waals surface area contributed by atoms with Crippen LogP contribution in [-0.2, 0) is 0 Å². The largest absolute Gasteiger partial charge is 0.391 e. The van der Waals surface area contributed by atoms with Gasteiger partial charge in [0, 0.05) is 5.02 Å². The fraction of sp³-hybridized carbons (Fsp3) is 0.500. The van der Waals surface area contributed by atoms with Crippen LogP contribution in [0.25, 0.3) is 0 Å². The summed E-state index contributed by atoms with van der Waals surface area (Å²) in [7, 11) is 0. The molecule has 0 aliphatic heterocycles. The average Bonchev–Trinajstić information content (AvgIpc) is 2.25. The summed E-state index contributed by atoms with van der Waals surface area (Å²) in [6.07, 6.45) is 3.39. The molecule has 0 spiro atoms. The van der Waals surface area contributed by atoms with E-state index in [1.54, 1.807) is 12.1 Å². The van der Waals surface area contributed by atoms with Crippen molar-refractivity contribution < 1.29 is 9.50 Å². The predicted molar refractivity (Wildman–Crippen MR) is 63.3 cm³/mol. The molecule has 0 radical (unpaired) electrons. The lowest BCUT2D eigenvalue weighted by Crippen LogP contribution is -2.36. The minimum Gasteiger partial charge on any atom is -0.391 e. The Morgan fingerprint density at radius 2 is 2.06 bits per heavy atom. The Hall–Kier alpha value is -0.800. The van der Waals surface area contributed by atoms with Gasteiger partial charge < -0.3 is 10.4 Å². The molecule has 1 aliphatic rings. The van der Waals surface area contributed by atoms with Crippen molar-refractivity contribution in [1.29, 1.82) is 0 Å². The molecule has 1 fully saturated rings. The number of rotatable bonds is 2. The molecule has 2 nitrogen and oxygen atoms in total. The molecule has 0 amide bonds.